The molecule has 0 amide bonds. The quantitative estimate of drug-likeness (QED) is 0.0885. The fourth-order valence-corrected chi connectivity index (χ4v) is 5.61. The minimum atomic E-state index is -0.460. The summed E-state index contributed by atoms with van der Waals surface area (Å²) >= 11 is 0. The van der Waals surface area contributed by atoms with Crippen LogP contribution >= 0.6 is 0 Å². The van der Waals surface area contributed by atoms with Gasteiger partial charge in [0.1, 0.15) is 13.2 Å². The van der Waals surface area contributed by atoms with E-state index in [9.17, 15) is 24.9 Å². The molecule has 1 aliphatic rings. The van der Waals surface area contributed by atoms with Crippen molar-refractivity contribution in [2.45, 2.75) is 104 Å². The summed E-state index contributed by atoms with van der Waals surface area (Å²) in [5.41, 5.74) is 0. The maximum Gasteiger partial charge on any atom is 0.305 e. The van der Waals surface area contributed by atoms with E-state index >= 15 is 0 Å². The summed E-state index contributed by atoms with van der Waals surface area (Å²) in [7, 11) is 0. The van der Waals surface area contributed by atoms with Gasteiger partial charge in [0.05, 0.1) is 24.9 Å². The molecule has 1 aliphatic heterocycles. The van der Waals surface area contributed by atoms with Gasteiger partial charge in [-0.1, -0.05) is 0 Å². The van der Waals surface area contributed by atoms with E-state index in [1.807, 2.05) is 9.80 Å². The molecule has 0 bridgehead atoms. The number of rotatable bonds is 24. The molecule has 5 unspecified atom stereocenters. The highest BCUT2D eigenvalue weighted by atomic mass is 16.5. The normalized spacial score (nSPS) is 20.3. The lowest BCUT2D eigenvalue weighted by molar-refractivity contribution is -0.146. The number of nitrogens with zero attached hydrogens (tertiary/aromatic N) is 4. The molecule has 0 aromatic heterocycles. The molecule has 254 valence electrons. The molecule has 12 heteroatoms. The molecule has 0 radical (unpaired) electrons. The number of hydrogen-bond donors (Lipinski definition) is 4. The molecule has 1 fully saturated rings. The largest absolute Gasteiger partial charge is 0.464 e. The van der Waals surface area contributed by atoms with E-state index in [1.165, 1.54) is 0 Å². The third-order valence-corrected chi connectivity index (χ3v) is 7.72. The second-order valence-electron chi connectivity index (χ2n) is 12.4. The van der Waals surface area contributed by atoms with Gasteiger partial charge in [-0.15, -0.1) is 0 Å². The fraction of sp³-hybridized carbons (Fsp3) is 0.935. The van der Waals surface area contributed by atoms with Crippen LogP contribution in [0.2, 0.25) is 0 Å². The summed E-state index contributed by atoms with van der Waals surface area (Å²) in [4.78, 5) is 33.1. The van der Waals surface area contributed by atoms with Crippen LogP contribution in [-0.2, 0) is 19.1 Å². The predicted octanol–water partition coefficient (Wildman–Crippen LogP) is 0.547. The van der Waals surface area contributed by atoms with Crippen LogP contribution in [0.5, 0.6) is 0 Å². The first kappa shape index (κ1) is 39.6. The zero-order chi connectivity index (χ0) is 32.2. The van der Waals surface area contributed by atoms with Crippen LogP contribution in [0.15, 0.2) is 0 Å². The lowest BCUT2D eigenvalue weighted by atomic mass is 10.1. The van der Waals surface area contributed by atoms with Crippen LogP contribution in [-0.4, -0.2) is 168 Å². The van der Waals surface area contributed by atoms with Gasteiger partial charge in [0.15, 0.2) is 0 Å². The van der Waals surface area contributed by atoms with Gasteiger partial charge in [-0.25, -0.2) is 0 Å². The van der Waals surface area contributed by atoms with Crippen LogP contribution < -0.4 is 0 Å². The molecule has 0 saturated carbocycles. The molecule has 0 aliphatic carbocycles. The Kier molecular flexibility index (Phi) is 21.2. The van der Waals surface area contributed by atoms with E-state index in [2.05, 4.69) is 23.6 Å². The van der Waals surface area contributed by atoms with Crippen LogP contribution in [0.3, 0.4) is 0 Å². The Morgan fingerprint density at radius 2 is 1.09 bits per heavy atom. The van der Waals surface area contributed by atoms with Gasteiger partial charge in [0, 0.05) is 77.3 Å². The van der Waals surface area contributed by atoms with Gasteiger partial charge >= 0.3 is 11.9 Å². The molecule has 0 aromatic carbocycles. The Morgan fingerprint density at radius 3 is 1.49 bits per heavy atom. The first-order valence-electron chi connectivity index (χ1n) is 16.3. The third kappa shape index (κ3) is 19.6. The maximum atomic E-state index is 12.2. The standard InChI is InChI=1S/C31H62N4O8/c1-25-21-35(16-19-43-31(41)11-7-9-13-33(23-28(4)38)24-29(5)39)26(2)20-34(25)15-18-42-30(40)10-6-8-12-32(14-17-36)22-27(3)37/h25-29,36-39H,6-24H2,1-5H3. The van der Waals surface area contributed by atoms with E-state index in [0.717, 1.165) is 39.0 Å². The summed E-state index contributed by atoms with van der Waals surface area (Å²) in [6, 6.07) is 0.589. The van der Waals surface area contributed by atoms with E-state index < -0.39 is 18.3 Å². The van der Waals surface area contributed by atoms with Gasteiger partial charge in [0.25, 0.3) is 0 Å². The van der Waals surface area contributed by atoms with Crippen molar-refractivity contribution >= 4 is 11.9 Å². The van der Waals surface area contributed by atoms with Crippen molar-refractivity contribution in [3.8, 4) is 0 Å². The van der Waals surface area contributed by atoms with Gasteiger partial charge in [-0.3, -0.25) is 29.2 Å². The number of piperazine rings is 1. The highest BCUT2D eigenvalue weighted by molar-refractivity contribution is 5.69. The summed E-state index contributed by atoms with van der Waals surface area (Å²) < 4.78 is 11.0. The van der Waals surface area contributed by atoms with E-state index in [0.29, 0.717) is 90.2 Å². The van der Waals surface area contributed by atoms with Crippen molar-refractivity contribution in [2.75, 3.05) is 85.3 Å². The molecule has 43 heavy (non-hydrogen) atoms. The Labute approximate surface area is 259 Å². The second kappa shape index (κ2) is 23.0. The van der Waals surface area contributed by atoms with E-state index in [4.69, 9.17) is 14.6 Å². The number of carbonyl (C=O) groups is 2. The minimum Gasteiger partial charge on any atom is -0.464 e. The van der Waals surface area contributed by atoms with E-state index in [-0.39, 0.29) is 18.5 Å². The Balaban J connectivity index is 2.20. The summed E-state index contributed by atoms with van der Waals surface area (Å²) in [6.45, 7) is 16.8. The predicted molar refractivity (Wildman–Crippen MR) is 167 cm³/mol. The molecule has 1 rings (SSSR count). The maximum absolute atomic E-state index is 12.2. The molecule has 12 nitrogen and oxygen atoms in total. The van der Waals surface area contributed by atoms with Crippen molar-refractivity contribution in [3.05, 3.63) is 0 Å². The SMILES string of the molecule is CC(O)CN(CCO)CCCCC(=O)OCCN1CC(C)N(CCOC(=O)CCCCN(CC(C)O)CC(C)O)CC1C. The van der Waals surface area contributed by atoms with Gasteiger partial charge < -0.3 is 29.9 Å². The van der Waals surface area contributed by atoms with Crippen molar-refractivity contribution in [1.82, 2.24) is 19.6 Å². The molecule has 0 spiro atoms. The average molecular weight is 619 g/mol. The molecular weight excluding hydrogens is 556 g/mol. The first-order chi connectivity index (χ1) is 20.4. The van der Waals surface area contributed by atoms with Gasteiger partial charge in [-0.05, 0) is 73.4 Å². The zero-order valence-electron chi connectivity index (χ0n) is 27.5. The number of unbranched alkanes of at least 4 members (excludes halogenated alkanes) is 2. The molecular formula is C31H62N4O8. The Bertz CT molecular complexity index is 733. The van der Waals surface area contributed by atoms with Crippen LogP contribution in [0.25, 0.3) is 0 Å². The average Bonchev–Trinajstić information content (AvgIpc) is 2.90. The van der Waals surface area contributed by atoms with Crippen LogP contribution in [0.1, 0.15) is 73.1 Å². The third-order valence-electron chi connectivity index (χ3n) is 7.72. The highest BCUT2D eigenvalue weighted by Crippen LogP contribution is 2.15. The summed E-state index contributed by atoms with van der Waals surface area (Å²) in [5, 5.41) is 38.0. The molecule has 1 heterocycles. The number of carbonyl (C=O) groups excluding carboxylic acids is 2. The van der Waals surface area contributed by atoms with Crippen molar-refractivity contribution in [2.24, 2.45) is 0 Å². The smallest absolute Gasteiger partial charge is 0.305 e. The van der Waals surface area contributed by atoms with E-state index in [1.54, 1.807) is 20.8 Å². The van der Waals surface area contributed by atoms with Crippen molar-refractivity contribution in [1.29, 1.82) is 0 Å². The molecule has 1 saturated heterocycles. The monoisotopic (exact) mass is 618 g/mol. The molecule has 0 aromatic rings. The summed E-state index contributed by atoms with van der Waals surface area (Å²) in [5.74, 6) is -0.386. The van der Waals surface area contributed by atoms with Crippen LogP contribution in [0, 0.1) is 0 Å². The highest BCUT2D eigenvalue weighted by Gasteiger charge is 2.28. The lowest BCUT2D eigenvalue weighted by Crippen LogP contribution is -2.57. The number of ether oxygens (including phenoxy) is 2. The number of hydrogen-bond acceptors (Lipinski definition) is 12. The first-order valence-corrected chi connectivity index (χ1v) is 16.3. The Hall–Kier alpha value is -1.38. The number of aliphatic hydroxyl groups excluding tert-OH is 4. The number of aliphatic hydroxyl groups is 4. The molecule has 4 N–H and O–H groups in total. The fourth-order valence-electron chi connectivity index (χ4n) is 5.61. The zero-order valence-corrected chi connectivity index (χ0v) is 27.5. The second-order valence-corrected chi connectivity index (χ2v) is 12.4. The van der Waals surface area contributed by atoms with Gasteiger partial charge in [-0.2, -0.15) is 0 Å². The van der Waals surface area contributed by atoms with Crippen molar-refractivity contribution in [3.63, 3.8) is 0 Å². The van der Waals surface area contributed by atoms with Crippen molar-refractivity contribution < 1.29 is 39.5 Å². The Morgan fingerprint density at radius 1 is 0.698 bits per heavy atom. The molecule has 5 atom stereocenters. The topological polar surface area (TPSA) is 146 Å². The minimum absolute atomic E-state index is 0.0489. The van der Waals surface area contributed by atoms with Gasteiger partial charge in [0.2, 0.25) is 0 Å². The lowest BCUT2D eigenvalue weighted by Gasteiger charge is -2.44. The summed E-state index contributed by atoms with van der Waals surface area (Å²) in [6.07, 6.45) is 2.39. The van der Waals surface area contributed by atoms with Crippen LogP contribution in [0.4, 0.5) is 0 Å². The number of esters is 2.